The highest BCUT2D eigenvalue weighted by Crippen LogP contribution is 2.27. The fraction of sp³-hybridized carbons (Fsp3) is 0.300. The minimum absolute atomic E-state index is 0.446. The largest absolute Gasteiger partial charge is 0.534 e. The van der Waals surface area contributed by atoms with Gasteiger partial charge in [0.05, 0.1) is 12.0 Å². The van der Waals surface area contributed by atoms with Gasteiger partial charge < -0.3 is 4.18 Å². The summed E-state index contributed by atoms with van der Waals surface area (Å²) < 4.78 is 61.4. The van der Waals surface area contributed by atoms with E-state index in [1.807, 2.05) is 6.07 Å². The maximum absolute atomic E-state index is 12.0. The second-order valence-corrected chi connectivity index (χ2v) is 4.94. The van der Waals surface area contributed by atoms with E-state index in [2.05, 4.69) is 4.18 Å². The van der Waals surface area contributed by atoms with E-state index in [-0.39, 0.29) is 0 Å². The summed E-state index contributed by atoms with van der Waals surface area (Å²) >= 11 is 0. The summed E-state index contributed by atoms with van der Waals surface area (Å²) in [6.45, 7) is 1.60. The number of alkyl halides is 3. The predicted octanol–water partition coefficient (Wildman–Crippen LogP) is 2.54. The Morgan fingerprint density at radius 3 is 2.17 bits per heavy atom. The predicted molar refractivity (Wildman–Crippen MR) is 56.1 cm³/mol. The van der Waals surface area contributed by atoms with E-state index in [0.717, 1.165) is 12.1 Å². The third-order valence-electron chi connectivity index (χ3n) is 2.06. The zero-order valence-corrected chi connectivity index (χ0v) is 9.92. The highest BCUT2D eigenvalue weighted by molar-refractivity contribution is 7.87. The maximum Gasteiger partial charge on any atom is 0.534 e. The molecule has 0 spiro atoms. The zero-order valence-electron chi connectivity index (χ0n) is 9.10. The monoisotopic (exact) mass is 279 g/mol. The highest BCUT2D eigenvalue weighted by Gasteiger charge is 2.48. The van der Waals surface area contributed by atoms with Gasteiger partial charge in [-0.1, -0.05) is 12.1 Å². The van der Waals surface area contributed by atoms with E-state index in [1.54, 1.807) is 6.92 Å². The first kappa shape index (κ1) is 14.3. The standard InChI is InChI=1S/C10H8F3NO3S/c1-7(6-14)8-2-4-9(5-3-8)17-18(15,16)10(11,12)13/h2-5,7H,1H3. The number of rotatable bonds is 3. The van der Waals surface area contributed by atoms with Crippen molar-refractivity contribution in [1.29, 1.82) is 5.26 Å². The van der Waals surface area contributed by atoms with Crippen molar-refractivity contribution in [2.45, 2.75) is 18.3 Å². The van der Waals surface area contributed by atoms with Crippen LogP contribution in [0.2, 0.25) is 0 Å². The summed E-state index contributed by atoms with van der Waals surface area (Å²) in [5.74, 6) is -0.903. The molecule has 0 aliphatic heterocycles. The van der Waals surface area contributed by atoms with Crippen LogP contribution in [-0.4, -0.2) is 13.9 Å². The van der Waals surface area contributed by atoms with Crippen LogP contribution in [0.4, 0.5) is 13.2 Å². The van der Waals surface area contributed by atoms with Crippen molar-refractivity contribution in [2.75, 3.05) is 0 Å². The lowest BCUT2D eigenvalue weighted by molar-refractivity contribution is -0.0500. The molecule has 8 heteroatoms. The summed E-state index contributed by atoms with van der Waals surface area (Å²) in [6.07, 6.45) is 0. The summed E-state index contributed by atoms with van der Waals surface area (Å²) in [4.78, 5) is 0. The fourth-order valence-corrected chi connectivity index (χ4v) is 1.52. The van der Waals surface area contributed by atoms with Gasteiger partial charge in [0.2, 0.25) is 0 Å². The van der Waals surface area contributed by atoms with Crippen LogP contribution in [0.25, 0.3) is 0 Å². The molecular weight excluding hydrogens is 271 g/mol. The number of benzene rings is 1. The molecule has 1 aromatic rings. The van der Waals surface area contributed by atoms with Crippen molar-refractivity contribution >= 4 is 10.1 Å². The molecule has 98 valence electrons. The Labute approximate surface area is 102 Å². The van der Waals surface area contributed by atoms with Gasteiger partial charge in [-0.25, -0.2) is 0 Å². The van der Waals surface area contributed by atoms with Gasteiger partial charge in [-0.05, 0) is 24.6 Å². The van der Waals surface area contributed by atoms with E-state index in [1.165, 1.54) is 12.1 Å². The van der Waals surface area contributed by atoms with Gasteiger partial charge in [-0.3, -0.25) is 0 Å². The number of hydrogen-bond acceptors (Lipinski definition) is 4. The van der Waals surface area contributed by atoms with E-state index in [0.29, 0.717) is 5.56 Å². The molecule has 0 saturated carbocycles. The molecule has 0 bridgehead atoms. The zero-order chi connectivity index (χ0) is 14.0. The Hall–Kier alpha value is -1.75. The lowest BCUT2D eigenvalue weighted by Crippen LogP contribution is -2.28. The summed E-state index contributed by atoms with van der Waals surface area (Å²) in [7, 11) is -5.65. The van der Waals surface area contributed by atoms with Crippen molar-refractivity contribution in [3.63, 3.8) is 0 Å². The summed E-state index contributed by atoms with van der Waals surface area (Å²) in [5, 5.41) is 8.62. The third-order valence-corrected chi connectivity index (χ3v) is 3.04. The van der Waals surface area contributed by atoms with Crippen LogP contribution in [0, 0.1) is 11.3 Å². The average molecular weight is 279 g/mol. The fourth-order valence-electron chi connectivity index (χ4n) is 1.06. The molecule has 1 aromatic carbocycles. The van der Waals surface area contributed by atoms with E-state index in [9.17, 15) is 21.6 Å². The molecule has 0 amide bonds. The highest BCUT2D eigenvalue weighted by atomic mass is 32.2. The van der Waals surface area contributed by atoms with E-state index in [4.69, 9.17) is 5.26 Å². The van der Waals surface area contributed by atoms with Crippen LogP contribution < -0.4 is 4.18 Å². The van der Waals surface area contributed by atoms with Gasteiger partial charge in [-0.15, -0.1) is 0 Å². The van der Waals surface area contributed by atoms with Gasteiger partial charge in [0.1, 0.15) is 5.75 Å². The normalized spacial score (nSPS) is 13.7. The molecule has 4 nitrogen and oxygen atoms in total. The maximum atomic E-state index is 12.0. The first-order valence-electron chi connectivity index (χ1n) is 4.67. The number of hydrogen-bond donors (Lipinski definition) is 0. The molecule has 0 aliphatic carbocycles. The van der Waals surface area contributed by atoms with Gasteiger partial charge >= 0.3 is 15.6 Å². The van der Waals surface area contributed by atoms with Crippen LogP contribution >= 0.6 is 0 Å². The molecule has 0 N–H and O–H groups in total. The van der Waals surface area contributed by atoms with Crippen LogP contribution in [0.3, 0.4) is 0 Å². The van der Waals surface area contributed by atoms with E-state index >= 15 is 0 Å². The van der Waals surface area contributed by atoms with Crippen molar-refractivity contribution in [3.05, 3.63) is 29.8 Å². The van der Waals surface area contributed by atoms with Crippen molar-refractivity contribution in [3.8, 4) is 11.8 Å². The number of nitriles is 1. The Balaban J connectivity index is 2.93. The Morgan fingerprint density at radius 1 is 1.28 bits per heavy atom. The van der Waals surface area contributed by atoms with E-state index < -0.39 is 27.3 Å². The Morgan fingerprint density at radius 2 is 1.78 bits per heavy atom. The minimum atomic E-state index is -5.65. The first-order chi connectivity index (χ1) is 8.17. The van der Waals surface area contributed by atoms with Crippen molar-refractivity contribution in [1.82, 2.24) is 0 Å². The molecule has 1 atom stereocenters. The van der Waals surface area contributed by atoms with Crippen LogP contribution in [0.1, 0.15) is 18.4 Å². The molecule has 18 heavy (non-hydrogen) atoms. The molecular formula is C10H8F3NO3S. The molecule has 0 heterocycles. The van der Waals surface area contributed by atoms with Crippen LogP contribution in [0.5, 0.6) is 5.75 Å². The van der Waals surface area contributed by atoms with Gasteiger partial charge in [0.15, 0.2) is 0 Å². The van der Waals surface area contributed by atoms with Gasteiger partial charge in [0, 0.05) is 0 Å². The van der Waals surface area contributed by atoms with Gasteiger partial charge in [0.25, 0.3) is 0 Å². The summed E-state index contributed by atoms with van der Waals surface area (Å²) in [5.41, 5.74) is -4.92. The Bertz CT molecular complexity index is 558. The SMILES string of the molecule is CC(C#N)c1ccc(OS(=O)(=O)C(F)(F)F)cc1. The Kier molecular flexibility index (Phi) is 3.86. The van der Waals surface area contributed by atoms with Crippen LogP contribution in [0.15, 0.2) is 24.3 Å². The molecule has 1 unspecified atom stereocenters. The quantitative estimate of drug-likeness (QED) is 0.630. The third kappa shape index (κ3) is 3.13. The first-order valence-corrected chi connectivity index (χ1v) is 6.08. The lowest BCUT2D eigenvalue weighted by Gasteiger charge is -2.10. The molecule has 0 aliphatic rings. The van der Waals surface area contributed by atoms with Gasteiger partial charge in [-0.2, -0.15) is 26.9 Å². The van der Waals surface area contributed by atoms with Crippen molar-refractivity contribution < 1.29 is 25.8 Å². The smallest absolute Gasteiger partial charge is 0.376 e. The molecule has 0 fully saturated rings. The second-order valence-electron chi connectivity index (χ2n) is 3.40. The topological polar surface area (TPSA) is 67.2 Å². The number of nitrogens with zero attached hydrogens (tertiary/aromatic N) is 1. The molecule has 1 rings (SSSR count). The second kappa shape index (κ2) is 4.86. The summed E-state index contributed by atoms with van der Waals surface area (Å²) in [6, 6.07) is 6.72. The minimum Gasteiger partial charge on any atom is -0.376 e. The average Bonchev–Trinajstić information content (AvgIpc) is 2.27. The molecule has 0 aromatic heterocycles. The number of halogens is 3. The lowest BCUT2D eigenvalue weighted by atomic mass is 10.0. The van der Waals surface area contributed by atoms with Crippen molar-refractivity contribution in [2.24, 2.45) is 0 Å². The van der Waals surface area contributed by atoms with Crippen LogP contribution in [-0.2, 0) is 10.1 Å². The molecule has 0 radical (unpaired) electrons. The molecule has 0 saturated heterocycles.